The van der Waals surface area contributed by atoms with Crippen molar-refractivity contribution < 1.29 is 24.2 Å². The zero-order chi connectivity index (χ0) is 19.3. The van der Waals surface area contributed by atoms with Gasteiger partial charge in [-0.3, -0.25) is 4.79 Å². The average molecular weight is 378 g/mol. The Morgan fingerprint density at radius 1 is 0.962 bits per heavy atom. The molecule has 0 saturated heterocycles. The SMILES string of the molecule is Cc1cc(OCC(=O)O)ccc1NC(=O)COc1cc(C)c(Cl)c(C)c1. The number of aliphatic carboxylic acids is 1. The van der Waals surface area contributed by atoms with Crippen molar-refractivity contribution in [3.8, 4) is 11.5 Å². The molecule has 1 amide bonds. The number of rotatable bonds is 7. The van der Waals surface area contributed by atoms with Crippen LogP contribution < -0.4 is 14.8 Å². The van der Waals surface area contributed by atoms with E-state index in [2.05, 4.69) is 5.32 Å². The number of benzene rings is 2. The number of aryl methyl sites for hydroxylation is 3. The van der Waals surface area contributed by atoms with Crippen LogP contribution in [0.5, 0.6) is 11.5 Å². The van der Waals surface area contributed by atoms with Crippen LogP contribution in [0.25, 0.3) is 0 Å². The molecule has 26 heavy (non-hydrogen) atoms. The monoisotopic (exact) mass is 377 g/mol. The fourth-order valence-electron chi connectivity index (χ4n) is 2.34. The van der Waals surface area contributed by atoms with E-state index < -0.39 is 12.6 Å². The molecule has 0 radical (unpaired) electrons. The van der Waals surface area contributed by atoms with Gasteiger partial charge in [-0.2, -0.15) is 0 Å². The predicted molar refractivity (Wildman–Crippen MR) is 99.4 cm³/mol. The first kappa shape index (κ1) is 19.6. The molecule has 0 heterocycles. The van der Waals surface area contributed by atoms with Gasteiger partial charge in [-0.25, -0.2) is 4.79 Å². The summed E-state index contributed by atoms with van der Waals surface area (Å²) < 4.78 is 10.6. The lowest BCUT2D eigenvalue weighted by Crippen LogP contribution is -2.20. The summed E-state index contributed by atoms with van der Waals surface area (Å²) >= 11 is 6.11. The Morgan fingerprint density at radius 2 is 1.54 bits per heavy atom. The molecule has 0 fully saturated rings. The van der Waals surface area contributed by atoms with E-state index in [-0.39, 0.29) is 12.5 Å². The maximum absolute atomic E-state index is 12.1. The minimum atomic E-state index is -1.05. The third-order valence-electron chi connectivity index (χ3n) is 3.61. The number of nitrogens with one attached hydrogen (secondary N) is 1. The maximum atomic E-state index is 12.1. The molecule has 6 nitrogen and oxygen atoms in total. The Morgan fingerprint density at radius 3 is 2.12 bits per heavy atom. The lowest BCUT2D eigenvalue weighted by Gasteiger charge is -2.12. The summed E-state index contributed by atoms with van der Waals surface area (Å²) in [7, 11) is 0. The molecule has 0 aliphatic rings. The van der Waals surface area contributed by atoms with Crippen molar-refractivity contribution in [2.75, 3.05) is 18.5 Å². The van der Waals surface area contributed by atoms with Crippen LogP contribution in [0.4, 0.5) is 5.69 Å². The smallest absolute Gasteiger partial charge is 0.341 e. The molecule has 0 atom stereocenters. The molecule has 0 aliphatic carbocycles. The van der Waals surface area contributed by atoms with E-state index in [1.165, 1.54) is 0 Å². The van der Waals surface area contributed by atoms with E-state index in [0.717, 1.165) is 16.7 Å². The summed E-state index contributed by atoms with van der Waals surface area (Å²) in [4.78, 5) is 22.6. The van der Waals surface area contributed by atoms with Crippen LogP contribution >= 0.6 is 11.6 Å². The predicted octanol–water partition coefficient (Wildman–Crippen LogP) is 3.75. The van der Waals surface area contributed by atoms with Crippen molar-refractivity contribution in [2.45, 2.75) is 20.8 Å². The van der Waals surface area contributed by atoms with Crippen molar-refractivity contribution in [3.63, 3.8) is 0 Å². The van der Waals surface area contributed by atoms with Crippen molar-refractivity contribution in [2.24, 2.45) is 0 Å². The van der Waals surface area contributed by atoms with Gasteiger partial charge in [0.15, 0.2) is 13.2 Å². The number of carbonyl (C=O) groups excluding carboxylic acids is 1. The van der Waals surface area contributed by atoms with Crippen molar-refractivity contribution in [1.82, 2.24) is 0 Å². The molecular formula is C19H20ClNO5. The van der Waals surface area contributed by atoms with Crippen molar-refractivity contribution in [1.29, 1.82) is 0 Å². The largest absolute Gasteiger partial charge is 0.484 e. The highest BCUT2D eigenvalue weighted by Gasteiger charge is 2.09. The maximum Gasteiger partial charge on any atom is 0.341 e. The number of carboxylic acids is 1. The Balaban J connectivity index is 1.94. The van der Waals surface area contributed by atoms with Gasteiger partial charge in [-0.05, 0) is 67.8 Å². The van der Waals surface area contributed by atoms with Crippen LogP contribution in [-0.4, -0.2) is 30.2 Å². The molecule has 2 aromatic rings. The molecule has 0 saturated carbocycles. The van der Waals surface area contributed by atoms with Crippen molar-refractivity contribution in [3.05, 3.63) is 52.0 Å². The van der Waals surface area contributed by atoms with E-state index in [9.17, 15) is 9.59 Å². The molecule has 0 bridgehead atoms. The highest BCUT2D eigenvalue weighted by atomic mass is 35.5. The number of amides is 1. The molecule has 138 valence electrons. The second-order valence-corrected chi connectivity index (χ2v) is 6.25. The zero-order valence-electron chi connectivity index (χ0n) is 14.8. The quantitative estimate of drug-likeness (QED) is 0.767. The first-order chi connectivity index (χ1) is 12.3. The Hall–Kier alpha value is -2.73. The summed E-state index contributed by atoms with van der Waals surface area (Å²) in [5.74, 6) is -0.359. The number of ether oxygens (including phenoxy) is 2. The topological polar surface area (TPSA) is 84.9 Å². The molecule has 2 rings (SSSR count). The molecule has 0 aliphatic heterocycles. The van der Waals surface area contributed by atoms with Crippen LogP contribution in [0.1, 0.15) is 16.7 Å². The molecule has 0 spiro atoms. The number of hydrogen-bond acceptors (Lipinski definition) is 4. The zero-order valence-corrected chi connectivity index (χ0v) is 15.5. The fourth-order valence-corrected chi connectivity index (χ4v) is 2.45. The van der Waals surface area contributed by atoms with Gasteiger partial charge in [0.2, 0.25) is 0 Å². The second kappa shape index (κ2) is 8.58. The van der Waals surface area contributed by atoms with E-state index >= 15 is 0 Å². The van der Waals surface area contributed by atoms with Crippen molar-refractivity contribution >= 4 is 29.2 Å². The van der Waals surface area contributed by atoms with E-state index in [1.807, 2.05) is 13.8 Å². The first-order valence-electron chi connectivity index (χ1n) is 7.91. The highest BCUT2D eigenvalue weighted by molar-refractivity contribution is 6.32. The minimum absolute atomic E-state index is 0.142. The van der Waals surface area contributed by atoms with E-state index in [0.29, 0.717) is 22.2 Å². The summed E-state index contributed by atoms with van der Waals surface area (Å²) in [5, 5.41) is 12.1. The summed E-state index contributed by atoms with van der Waals surface area (Å²) in [6.45, 7) is 4.98. The van der Waals surface area contributed by atoms with Gasteiger partial charge < -0.3 is 19.9 Å². The molecule has 7 heteroatoms. The lowest BCUT2D eigenvalue weighted by atomic mass is 10.1. The van der Waals surface area contributed by atoms with Crippen LogP contribution in [0.2, 0.25) is 5.02 Å². The van der Waals surface area contributed by atoms with Gasteiger partial charge in [-0.15, -0.1) is 0 Å². The average Bonchev–Trinajstić information content (AvgIpc) is 2.58. The number of anilines is 1. The summed E-state index contributed by atoms with van der Waals surface area (Å²) in [5.41, 5.74) is 3.12. The van der Waals surface area contributed by atoms with E-state index in [1.54, 1.807) is 37.3 Å². The number of hydrogen-bond donors (Lipinski definition) is 2. The number of halogens is 1. The highest BCUT2D eigenvalue weighted by Crippen LogP contribution is 2.26. The minimum Gasteiger partial charge on any atom is -0.484 e. The van der Waals surface area contributed by atoms with Gasteiger partial charge in [0.05, 0.1) is 0 Å². The Kier molecular flexibility index (Phi) is 6.46. The van der Waals surface area contributed by atoms with Gasteiger partial charge in [0.25, 0.3) is 5.91 Å². The molecule has 2 N–H and O–H groups in total. The third-order valence-corrected chi connectivity index (χ3v) is 4.21. The standard InChI is InChI=1S/C19H20ClNO5/c1-11-6-14(26-10-18(23)24)4-5-16(11)21-17(22)9-25-15-7-12(2)19(20)13(3)8-15/h4-8H,9-10H2,1-3H3,(H,21,22)(H,23,24). The van der Waals surface area contributed by atoms with Crippen LogP contribution in [0.3, 0.4) is 0 Å². The second-order valence-electron chi connectivity index (χ2n) is 5.87. The van der Waals surface area contributed by atoms with E-state index in [4.69, 9.17) is 26.2 Å². The fraction of sp³-hybridized carbons (Fsp3) is 0.263. The third kappa shape index (κ3) is 5.39. The first-order valence-corrected chi connectivity index (χ1v) is 8.28. The molecular weight excluding hydrogens is 358 g/mol. The van der Waals surface area contributed by atoms with Gasteiger partial charge in [0.1, 0.15) is 11.5 Å². The Bertz CT molecular complexity index is 812. The molecule has 0 aromatic heterocycles. The normalized spacial score (nSPS) is 10.3. The number of carbonyl (C=O) groups is 2. The van der Waals surface area contributed by atoms with Gasteiger partial charge >= 0.3 is 5.97 Å². The van der Waals surface area contributed by atoms with Crippen LogP contribution in [0.15, 0.2) is 30.3 Å². The molecule has 0 unspecified atom stereocenters. The summed E-state index contributed by atoms with van der Waals surface area (Å²) in [6, 6.07) is 8.47. The van der Waals surface area contributed by atoms with Gasteiger partial charge in [0, 0.05) is 10.7 Å². The van der Waals surface area contributed by atoms with Gasteiger partial charge in [-0.1, -0.05) is 11.6 Å². The Labute approximate surface area is 156 Å². The van der Waals surface area contributed by atoms with Crippen LogP contribution in [0, 0.1) is 20.8 Å². The molecule has 2 aromatic carbocycles. The van der Waals surface area contributed by atoms with Crippen LogP contribution in [-0.2, 0) is 9.59 Å². The number of carboxylic acid groups (broad SMARTS) is 1. The lowest BCUT2D eigenvalue weighted by molar-refractivity contribution is -0.139. The summed E-state index contributed by atoms with van der Waals surface area (Å²) in [6.07, 6.45) is 0.